The maximum absolute atomic E-state index is 6.10. The smallest absolute Gasteiger partial charge is 0.222 e. The van der Waals surface area contributed by atoms with Gasteiger partial charge in [0, 0.05) is 28.2 Å². The SMILES string of the molecule is Cc1ccnc(-p2c3ccccc3c3ccc(-c4cccc(Oc5ncccc5C)c4)cc32)c1. The first-order chi connectivity index (χ1) is 16.7. The lowest BCUT2D eigenvalue weighted by atomic mass is 10.0. The highest BCUT2D eigenvalue weighted by molar-refractivity contribution is 7.67. The van der Waals surface area contributed by atoms with Crippen LogP contribution >= 0.6 is 7.53 Å². The molecule has 3 heterocycles. The third-order valence-corrected chi connectivity index (χ3v) is 8.57. The Morgan fingerprint density at radius 2 is 1.50 bits per heavy atom. The van der Waals surface area contributed by atoms with Crippen molar-refractivity contribution in [2.75, 3.05) is 0 Å². The number of fused-ring (bicyclic) bond motifs is 3. The van der Waals surface area contributed by atoms with E-state index in [1.807, 2.05) is 37.4 Å². The second kappa shape index (κ2) is 8.44. The zero-order valence-corrected chi connectivity index (χ0v) is 20.0. The van der Waals surface area contributed by atoms with Crippen LogP contribution in [0.15, 0.2) is 103 Å². The Bertz CT molecular complexity index is 1670. The van der Waals surface area contributed by atoms with Gasteiger partial charge in [-0.2, -0.15) is 0 Å². The average Bonchev–Trinajstić information content (AvgIpc) is 3.19. The molecule has 0 bridgehead atoms. The van der Waals surface area contributed by atoms with Crippen LogP contribution in [0.4, 0.5) is 0 Å². The summed E-state index contributed by atoms with van der Waals surface area (Å²) >= 11 is 0. The van der Waals surface area contributed by atoms with E-state index in [0.29, 0.717) is 5.88 Å². The van der Waals surface area contributed by atoms with Crippen LogP contribution in [0.2, 0.25) is 0 Å². The molecule has 164 valence electrons. The molecule has 0 radical (unpaired) electrons. The van der Waals surface area contributed by atoms with Gasteiger partial charge in [-0.05, 0) is 83.8 Å². The van der Waals surface area contributed by atoms with E-state index < -0.39 is 7.53 Å². The van der Waals surface area contributed by atoms with Crippen molar-refractivity contribution >= 4 is 28.5 Å². The Morgan fingerprint density at radius 1 is 0.647 bits per heavy atom. The quantitative estimate of drug-likeness (QED) is 0.265. The first-order valence-electron chi connectivity index (χ1n) is 11.3. The predicted octanol–water partition coefficient (Wildman–Crippen LogP) is 8.83. The van der Waals surface area contributed by atoms with Crippen molar-refractivity contribution in [3.63, 3.8) is 0 Å². The number of pyridine rings is 2. The first kappa shape index (κ1) is 20.7. The lowest BCUT2D eigenvalue weighted by Crippen LogP contribution is -1.90. The van der Waals surface area contributed by atoms with Gasteiger partial charge in [0.1, 0.15) is 5.75 Å². The number of benzene rings is 3. The predicted molar refractivity (Wildman–Crippen MR) is 143 cm³/mol. The van der Waals surface area contributed by atoms with Crippen LogP contribution in [0.25, 0.3) is 37.6 Å². The van der Waals surface area contributed by atoms with E-state index in [1.165, 1.54) is 32.1 Å². The maximum Gasteiger partial charge on any atom is 0.222 e. The molecule has 0 aliphatic carbocycles. The van der Waals surface area contributed by atoms with Crippen molar-refractivity contribution in [3.05, 3.63) is 115 Å². The lowest BCUT2D eigenvalue weighted by molar-refractivity contribution is 0.459. The van der Waals surface area contributed by atoms with Gasteiger partial charge in [-0.15, -0.1) is 0 Å². The fourth-order valence-electron chi connectivity index (χ4n) is 4.47. The van der Waals surface area contributed by atoms with Gasteiger partial charge < -0.3 is 4.74 Å². The minimum Gasteiger partial charge on any atom is -0.439 e. The normalized spacial score (nSPS) is 11.8. The zero-order chi connectivity index (χ0) is 23.1. The third kappa shape index (κ3) is 3.65. The number of aryl methyl sites for hydroxylation is 2. The Kier molecular flexibility index (Phi) is 5.13. The molecule has 0 aliphatic rings. The van der Waals surface area contributed by atoms with Crippen LogP contribution < -0.4 is 4.74 Å². The van der Waals surface area contributed by atoms with Crippen molar-refractivity contribution in [3.8, 4) is 28.2 Å². The van der Waals surface area contributed by atoms with Crippen molar-refractivity contribution < 1.29 is 4.74 Å². The van der Waals surface area contributed by atoms with Gasteiger partial charge in [0.05, 0.1) is 5.44 Å². The van der Waals surface area contributed by atoms with Crippen molar-refractivity contribution in [1.82, 2.24) is 9.97 Å². The molecular weight excluding hydrogens is 435 g/mol. The molecule has 6 rings (SSSR count). The maximum atomic E-state index is 6.10. The summed E-state index contributed by atoms with van der Waals surface area (Å²) in [6.07, 6.45) is 3.68. The molecule has 3 aromatic carbocycles. The lowest BCUT2D eigenvalue weighted by Gasteiger charge is -2.10. The van der Waals surface area contributed by atoms with Crippen LogP contribution in [0.3, 0.4) is 0 Å². The van der Waals surface area contributed by atoms with E-state index in [4.69, 9.17) is 9.72 Å². The molecule has 3 aromatic heterocycles. The van der Waals surface area contributed by atoms with E-state index in [-0.39, 0.29) is 0 Å². The van der Waals surface area contributed by atoms with Crippen molar-refractivity contribution in [2.45, 2.75) is 13.8 Å². The van der Waals surface area contributed by atoms with E-state index >= 15 is 0 Å². The first-order valence-corrected chi connectivity index (χ1v) is 12.7. The minimum atomic E-state index is -0.699. The van der Waals surface area contributed by atoms with Gasteiger partial charge in [0.2, 0.25) is 5.88 Å². The number of hydrogen-bond acceptors (Lipinski definition) is 3. The molecule has 0 amide bonds. The summed E-state index contributed by atoms with van der Waals surface area (Å²) in [5, 5.41) is 5.37. The topological polar surface area (TPSA) is 35.0 Å². The van der Waals surface area contributed by atoms with E-state index in [0.717, 1.165) is 22.3 Å². The number of aromatic nitrogens is 2. The highest BCUT2D eigenvalue weighted by Gasteiger charge is 2.15. The van der Waals surface area contributed by atoms with Crippen LogP contribution in [0.1, 0.15) is 11.1 Å². The summed E-state index contributed by atoms with van der Waals surface area (Å²) in [6, 6.07) is 32.0. The van der Waals surface area contributed by atoms with Crippen molar-refractivity contribution in [1.29, 1.82) is 0 Å². The molecule has 0 N–H and O–H groups in total. The third-order valence-electron chi connectivity index (χ3n) is 6.15. The van der Waals surface area contributed by atoms with Gasteiger partial charge in [-0.25, -0.2) is 4.98 Å². The second-order valence-electron chi connectivity index (χ2n) is 8.53. The molecule has 1 unspecified atom stereocenters. The largest absolute Gasteiger partial charge is 0.439 e. The Balaban J connectivity index is 1.50. The van der Waals surface area contributed by atoms with Gasteiger partial charge in [0.15, 0.2) is 0 Å². The van der Waals surface area contributed by atoms with Crippen LogP contribution in [-0.2, 0) is 0 Å². The number of ether oxygens (including phenoxy) is 1. The Morgan fingerprint density at radius 3 is 2.38 bits per heavy atom. The number of hydrogen-bond donors (Lipinski definition) is 0. The molecule has 0 spiro atoms. The van der Waals surface area contributed by atoms with E-state index in [9.17, 15) is 0 Å². The molecule has 6 aromatic rings. The summed E-state index contributed by atoms with van der Waals surface area (Å²) < 4.78 is 6.10. The Hall–Kier alpha value is -3.94. The van der Waals surface area contributed by atoms with Crippen molar-refractivity contribution in [2.24, 2.45) is 0 Å². The number of nitrogens with zero attached hydrogens (tertiary/aromatic N) is 2. The highest BCUT2D eigenvalue weighted by atomic mass is 31.1. The molecule has 4 heteroatoms. The minimum absolute atomic E-state index is 0.637. The average molecular weight is 459 g/mol. The summed E-state index contributed by atoms with van der Waals surface area (Å²) in [5.41, 5.74) is 5.71. The number of rotatable bonds is 4. The molecule has 0 saturated heterocycles. The van der Waals surface area contributed by atoms with Gasteiger partial charge in [-0.1, -0.05) is 56.1 Å². The molecule has 3 nitrogen and oxygen atoms in total. The molecule has 34 heavy (non-hydrogen) atoms. The molecule has 0 aliphatic heterocycles. The fraction of sp³-hybridized carbons (Fsp3) is 0.0667. The molecule has 0 fully saturated rings. The second-order valence-corrected chi connectivity index (χ2v) is 10.6. The zero-order valence-electron chi connectivity index (χ0n) is 19.1. The monoisotopic (exact) mass is 458 g/mol. The van der Waals surface area contributed by atoms with E-state index in [1.54, 1.807) is 6.20 Å². The van der Waals surface area contributed by atoms with Gasteiger partial charge in [-0.3, -0.25) is 4.98 Å². The highest BCUT2D eigenvalue weighted by Crippen LogP contribution is 2.55. The molecular formula is C30H23N2OP. The van der Waals surface area contributed by atoms with Gasteiger partial charge in [0.25, 0.3) is 0 Å². The summed E-state index contributed by atoms with van der Waals surface area (Å²) in [7, 11) is -0.699. The van der Waals surface area contributed by atoms with Crippen LogP contribution in [0.5, 0.6) is 11.6 Å². The van der Waals surface area contributed by atoms with E-state index in [2.05, 4.69) is 78.6 Å². The Labute approximate surface area is 199 Å². The summed E-state index contributed by atoms with van der Waals surface area (Å²) in [4.78, 5) is 9.16. The van der Waals surface area contributed by atoms with Crippen LogP contribution in [-0.4, -0.2) is 9.97 Å². The molecule has 1 atom stereocenters. The standard InChI is InChI=1S/C30H23N2OP/c1-20-14-16-31-29(17-20)34-27-11-4-3-10-25(27)26-13-12-23(19-28(26)34)22-8-5-9-24(18-22)33-30-21(2)7-6-15-32-30/h3-19H,1-2H3. The fourth-order valence-corrected chi connectivity index (χ4v) is 7.11. The van der Waals surface area contributed by atoms with Gasteiger partial charge >= 0.3 is 0 Å². The summed E-state index contributed by atoms with van der Waals surface area (Å²) in [6.45, 7) is 4.14. The molecule has 0 saturated carbocycles. The summed E-state index contributed by atoms with van der Waals surface area (Å²) in [5.74, 6) is 1.42. The van der Waals surface area contributed by atoms with Crippen LogP contribution in [0, 0.1) is 13.8 Å².